The molecule has 2 heterocycles. The minimum absolute atomic E-state index is 0. The largest absolute Gasteiger partial charge is 0.497 e. The highest BCUT2D eigenvalue weighted by atomic mass is 127. The monoisotopic (exact) mass is 513 g/mol. The topological polar surface area (TPSA) is 75.8 Å². The van der Waals surface area contributed by atoms with Gasteiger partial charge in [-0.1, -0.05) is 31.1 Å². The Morgan fingerprint density at radius 2 is 2.10 bits per heavy atom. The summed E-state index contributed by atoms with van der Waals surface area (Å²) in [4.78, 5) is 11.5. The maximum Gasteiger partial charge on any atom is 0.228 e. The highest BCUT2D eigenvalue weighted by molar-refractivity contribution is 14.0. The molecule has 2 aromatic rings. The fourth-order valence-corrected chi connectivity index (χ4v) is 3.39. The van der Waals surface area contributed by atoms with Gasteiger partial charge in [-0.25, -0.2) is 0 Å². The third-order valence-electron chi connectivity index (χ3n) is 5.00. The predicted octanol–water partition coefficient (Wildman–Crippen LogP) is 3.82. The van der Waals surface area contributed by atoms with Crippen molar-refractivity contribution in [3.8, 4) is 5.75 Å². The average molecular weight is 513 g/mol. The molecule has 0 saturated carbocycles. The van der Waals surface area contributed by atoms with Gasteiger partial charge >= 0.3 is 0 Å². The molecule has 8 heteroatoms. The van der Waals surface area contributed by atoms with Crippen LogP contribution in [0.5, 0.6) is 5.75 Å². The van der Waals surface area contributed by atoms with E-state index in [0.717, 1.165) is 43.6 Å². The smallest absolute Gasteiger partial charge is 0.228 e. The Kier molecular flexibility index (Phi) is 9.19. The van der Waals surface area contributed by atoms with Crippen LogP contribution in [0.15, 0.2) is 33.8 Å². The Balaban J connectivity index is 0.00000300. The summed E-state index contributed by atoms with van der Waals surface area (Å²) in [5.41, 5.74) is 1.35. The normalized spacial score (nSPS) is 16.8. The Labute approximate surface area is 190 Å². The van der Waals surface area contributed by atoms with Crippen molar-refractivity contribution in [1.82, 2.24) is 20.4 Å². The van der Waals surface area contributed by atoms with E-state index >= 15 is 0 Å². The molecule has 0 bridgehead atoms. The van der Waals surface area contributed by atoms with Gasteiger partial charge in [0.05, 0.1) is 13.7 Å². The van der Waals surface area contributed by atoms with E-state index in [9.17, 15) is 0 Å². The van der Waals surface area contributed by atoms with Gasteiger partial charge in [0.25, 0.3) is 0 Å². The molecule has 0 amide bonds. The van der Waals surface area contributed by atoms with Crippen molar-refractivity contribution in [2.45, 2.75) is 45.4 Å². The first-order valence-corrected chi connectivity index (χ1v) is 10.1. The molecule has 0 aliphatic carbocycles. The number of halogens is 1. The molecule has 7 nitrogen and oxygen atoms in total. The third-order valence-corrected chi connectivity index (χ3v) is 5.00. The number of benzene rings is 1. The summed E-state index contributed by atoms with van der Waals surface area (Å²) in [6.45, 7) is 9.66. The average Bonchev–Trinajstić information content (AvgIpc) is 3.37. The third kappa shape index (κ3) is 6.32. The molecule has 160 valence electrons. The highest BCUT2D eigenvalue weighted by Gasteiger charge is 2.26. The van der Waals surface area contributed by atoms with Crippen molar-refractivity contribution in [3.63, 3.8) is 0 Å². The summed E-state index contributed by atoms with van der Waals surface area (Å²) in [5, 5.41) is 7.43. The molecule has 1 saturated heterocycles. The van der Waals surface area contributed by atoms with Crippen molar-refractivity contribution in [2.75, 3.05) is 33.3 Å². The summed E-state index contributed by atoms with van der Waals surface area (Å²) in [6.07, 6.45) is 1.78. The lowest BCUT2D eigenvalue weighted by molar-refractivity contribution is 0.372. The van der Waals surface area contributed by atoms with Gasteiger partial charge in [0, 0.05) is 37.9 Å². The molecule has 1 aromatic carbocycles. The number of rotatable bonds is 7. The van der Waals surface area contributed by atoms with Crippen LogP contribution in [0.4, 0.5) is 0 Å². The van der Waals surface area contributed by atoms with Crippen LogP contribution < -0.4 is 10.1 Å². The van der Waals surface area contributed by atoms with Gasteiger partial charge in [-0.3, -0.25) is 4.99 Å². The van der Waals surface area contributed by atoms with Crippen LogP contribution in [-0.4, -0.2) is 54.3 Å². The lowest BCUT2D eigenvalue weighted by Gasteiger charge is -2.21. The first kappa shape index (κ1) is 23.4. The maximum atomic E-state index is 5.31. The number of hydrogen-bond acceptors (Lipinski definition) is 5. The molecule has 1 fully saturated rings. The van der Waals surface area contributed by atoms with E-state index in [0.29, 0.717) is 24.8 Å². The highest BCUT2D eigenvalue weighted by Crippen LogP contribution is 2.28. The second kappa shape index (κ2) is 11.4. The van der Waals surface area contributed by atoms with E-state index < -0.39 is 0 Å². The quantitative estimate of drug-likeness (QED) is 0.345. The molecule has 1 unspecified atom stereocenters. The molecule has 1 aromatic heterocycles. The van der Waals surface area contributed by atoms with Crippen LogP contribution in [0.1, 0.15) is 56.3 Å². The number of aromatic nitrogens is 2. The molecule has 0 spiro atoms. The summed E-state index contributed by atoms with van der Waals surface area (Å²) < 4.78 is 10.6. The molecule has 29 heavy (non-hydrogen) atoms. The van der Waals surface area contributed by atoms with Crippen molar-refractivity contribution < 1.29 is 9.26 Å². The zero-order valence-corrected chi connectivity index (χ0v) is 20.1. The van der Waals surface area contributed by atoms with Gasteiger partial charge in [-0.2, -0.15) is 4.98 Å². The predicted molar refractivity (Wildman–Crippen MR) is 125 cm³/mol. The second-order valence-electron chi connectivity index (χ2n) is 7.39. The van der Waals surface area contributed by atoms with Crippen molar-refractivity contribution in [2.24, 2.45) is 4.99 Å². The van der Waals surface area contributed by atoms with Gasteiger partial charge < -0.3 is 19.5 Å². The Morgan fingerprint density at radius 1 is 1.34 bits per heavy atom. The molecule has 1 atom stereocenters. The van der Waals surface area contributed by atoms with E-state index in [4.69, 9.17) is 14.3 Å². The Hall–Kier alpha value is -1.84. The molecule has 1 aliphatic rings. The number of ether oxygens (including phenoxy) is 1. The summed E-state index contributed by atoms with van der Waals surface area (Å²) >= 11 is 0. The number of likely N-dealkylation sites (tertiary alicyclic amines) is 1. The number of methoxy groups -OCH3 is 1. The molecular formula is C21H32IN5O2. The van der Waals surface area contributed by atoms with Crippen molar-refractivity contribution >= 4 is 29.9 Å². The summed E-state index contributed by atoms with van der Waals surface area (Å²) in [7, 11) is 1.70. The standard InChI is InChI=1S/C21H31N5O2.HI/c1-5-22-21(23-12-10-19-24-20(15(2)3)25-28-19)26-13-11-17(14-26)16-6-8-18(27-4)9-7-16;/h6-9,15,17H,5,10-14H2,1-4H3,(H,22,23);1H. The molecule has 3 rings (SSSR count). The molecule has 1 aliphatic heterocycles. The van der Waals surface area contributed by atoms with Crippen LogP contribution in [0.25, 0.3) is 0 Å². The first-order chi connectivity index (χ1) is 13.6. The summed E-state index contributed by atoms with van der Waals surface area (Å²) in [6, 6.07) is 8.40. The van der Waals surface area contributed by atoms with Crippen LogP contribution in [0.2, 0.25) is 0 Å². The fourth-order valence-electron chi connectivity index (χ4n) is 3.39. The minimum atomic E-state index is 0. The number of guanidine groups is 1. The Morgan fingerprint density at radius 3 is 2.72 bits per heavy atom. The molecule has 1 N–H and O–H groups in total. The van der Waals surface area contributed by atoms with Gasteiger partial charge in [-0.15, -0.1) is 24.0 Å². The Bertz CT molecular complexity index is 776. The minimum Gasteiger partial charge on any atom is -0.497 e. The lowest BCUT2D eigenvalue weighted by atomic mass is 9.98. The molecular weight excluding hydrogens is 481 g/mol. The van der Waals surface area contributed by atoms with E-state index in [1.165, 1.54) is 5.56 Å². The second-order valence-corrected chi connectivity index (χ2v) is 7.39. The summed E-state index contributed by atoms with van der Waals surface area (Å²) in [5.74, 6) is 4.06. The number of nitrogens with zero attached hydrogens (tertiary/aromatic N) is 4. The number of nitrogens with one attached hydrogen (secondary N) is 1. The van der Waals surface area contributed by atoms with E-state index in [1.54, 1.807) is 7.11 Å². The zero-order valence-electron chi connectivity index (χ0n) is 17.7. The van der Waals surface area contributed by atoms with Crippen LogP contribution in [0, 0.1) is 0 Å². The lowest BCUT2D eigenvalue weighted by Crippen LogP contribution is -2.40. The van der Waals surface area contributed by atoms with E-state index in [1.807, 2.05) is 12.1 Å². The van der Waals surface area contributed by atoms with E-state index in [2.05, 4.69) is 53.3 Å². The van der Waals surface area contributed by atoms with Gasteiger partial charge in [0.2, 0.25) is 5.89 Å². The van der Waals surface area contributed by atoms with Crippen molar-refractivity contribution in [3.05, 3.63) is 41.5 Å². The fraction of sp³-hybridized carbons (Fsp3) is 0.571. The maximum absolute atomic E-state index is 5.31. The van der Waals surface area contributed by atoms with Crippen LogP contribution in [0.3, 0.4) is 0 Å². The molecule has 0 radical (unpaired) electrons. The number of hydrogen-bond donors (Lipinski definition) is 1. The van der Waals surface area contributed by atoms with Crippen LogP contribution >= 0.6 is 24.0 Å². The van der Waals surface area contributed by atoms with E-state index in [-0.39, 0.29) is 29.9 Å². The first-order valence-electron chi connectivity index (χ1n) is 10.1. The number of aliphatic imine (C=N–C) groups is 1. The van der Waals surface area contributed by atoms with Gasteiger partial charge in [0.15, 0.2) is 11.8 Å². The van der Waals surface area contributed by atoms with Crippen LogP contribution in [-0.2, 0) is 6.42 Å². The van der Waals surface area contributed by atoms with Crippen molar-refractivity contribution in [1.29, 1.82) is 0 Å². The SMILES string of the molecule is CCNC(=NCCc1nc(C(C)C)no1)N1CCC(c2ccc(OC)cc2)C1.I. The van der Waals surface area contributed by atoms with Gasteiger partial charge in [-0.05, 0) is 31.0 Å². The zero-order chi connectivity index (χ0) is 19.9. The van der Waals surface area contributed by atoms with Gasteiger partial charge in [0.1, 0.15) is 5.75 Å².